The van der Waals surface area contributed by atoms with E-state index in [2.05, 4.69) is 12.1 Å². The molecular weight excluding hydrogens is 362 g/mol. The second-order valence-electron chi connectivity index (χ2n) is 6.93. The molecule has 1 aliphatic rings. The van der Waals surface area contributed by atoms with Crippen molar-refractivity contribution in [3.05, 3.63) is 84.4 Å². The van der Waals surface area contributed by atoms with Crippen LogP contribution in [0.1, 0.15) is 10.4 Å². The van der Waals surface area contributed by atoms with Gasteiger partial charge in [-0.1, -0.05) is 30.3 Å². The quantitative estimate of drug-likeness (QED) is 0.447. The van der Waals surface area contributed by atoms with E-state index in [0.29, 0.717) is 0 Å². The van der Waals surface area contributed by atoms with Crippen molar-refractivity contribution in [1.29, 1.82) is 0 Å². The number of hydrogen-bond donors (Lipinski definition) is 0. The number of methoxy groups -OCH3 is 2. The molecule has 0 N–H and O–H groups in total. The van der Waals surface area contributed by atoms with Crippen LogP contribution in [0.5, 0.6) is 11.5 Å². The van der Waals surface area contributed by atoms with Crippen LogP contribution in [0.25, 0.3) is 21.9 Å². The number of amides is 1. The van der Waals surface area contributed by atoms with Crippen LogP contribution in [0.15, 0.2) is 78.9 Å². The number of carbonyl (C=O) groups is 1. The van der Waals surface area contributed by atoms with Gasteiger partial charge in [0.2, 0.25) is 0 Å². The highest BCUT2D eigenvalue weighted by Crippen LogP contribution is 2.45. The molecule has 29 heavy (non-hydrogen) atoms. The van der Waals surface area contributed by atoms with Gasteiger partial charge in [-0.15, -0.1) is 0 Å². The van der Waals surface area contributed by atoms with Crippen molar-refractivity contribution < 1.29 is 14.3 Å². The Morgan fingerprint density at radius 3 is 2.00 bits per heavy atom. The van der Waals surface area contributed by atoms with Crippen LogP contribution in [0.2, 0.25) is 0 Å². The van der Waals surface area contributed by atoms with E-state index in [-0.39, 0.29) is 5.91 Å². The Morgan fingerprint density at radius 1 is 0.690 bits per heavy atom. The van der Waals surface area contributed by atoms with Gasteiger partial charge in [0.15, 0.2) is 0 Å². The average Bonchev–Trinajstić information content (AvgIpc) is 3.07. The molecule has 1 amide bonds. The molecule has 0 atom stereocenters. The molecule has 0 spiro atoms. The Labute approximate surface area is 168 Å². The second kappa shape index (κ2) is 6.67. The molecule has 0 radical (unpaired) electrons. The van der Waals surface area contributed by atoms with Crippen LogP contribution in [0, 0.1) is 0 Å². The van der Waals surface area contributed by atoms with Crippen LogP contribution in [0.4, 0.5) is 11.4 Å². The lowest BCUT2D eigenvalue weighted by atomic mass is 9.96. The highest BCUT2D eigenvalue weighted by atomic mass is 16.5. The number of carbonyl (C=O) groups excluding carboxylic acids is 1. The van der Waals surface area contributed by atoms with E-state index in [4.69, 9.17) is 9.47 Å². The molecule has 0 saturated carbocycles. The summed E-state index contributed by atoms with van der Waals surface area (Å²) in [6.07, 6.45) is 0. The van der Waals surface area contributed by atoms with Gasteiger partial charge in [-0.3, -0.25) is 9.69 Å². The topological polar surface area (TPSA) is 38.8 Å². The molecule has 0 fully saturated rings. The van der Waals surface area contributed by atoms with Gasteiger partial charge in [-0.2, -0.15) is 0 Å². The van der Waals surface area contributed by atoms with Gasteiger partial charge in [0.25, 0.3) is 5.91 Å². The minimum absolute atomic E-state index is 0.0114. The van der Waals surface area contributed by atoms with Gasteiger partial charge < -0.3 is 9.47 Å². The molecule has 0 bridgehead atoms. The molecule has 5 rings (SSSR count). The van der Waals surface area contributed by atoms with Crippen molar-refractivity contribution in [3.63, 3.8) is 0 Å². The lowest BCUT2D eigenvalue weighted by Gasteiger charge is -2.18. The van der Waals surface area contributed by atoms with Crippen LogP contribution >= 0.6 is 0 Å². The number of rotatable bonds is 4. The number of hydrogen-bond acceptors (Lipinski definition) is 3. The Kier molecular flexibility index (Phi) is 3.98. The summed E-state index contributed by atoms with van der Waals surface area (Å²) in [4.78, 5) is 15.0. The van der Waals surface area contributed by atoms with E-state index in [9.17, 15) is 4.79 Å². The van der Waals surface area contributed by atoms with Gasteiger partial charge in [-0.25, -0.2) is 0 Å². The highest BCUT2D eigenvalue weighted by Gasteiger charge is 2.31. The summed E-state index contributed by atoms with van der Waals surface area (Å²) in [5, 5.41) is 2.05. The Morgan fingerprint density at radius 2 is 1.34 bits per heavy atom. The van der Waals surface area contributed by atoms with Gasteiger partial charge >= 0.3 is 0 Å². The first-order valence-electron chi connectivity index (χ1n) is 9.40. The number of ether oxygens (including phenoxy) is 2. The largest absolute Gasteiger partial charge is 0.497 e. The summed E-state index contributed by atoms with van der Waals surface area (Å²) in [7, 11) is 3.29. The van der Waals surface area contributed by atoms with E-state index in [1.807, 2.05) is 66.7 Å². The lowest BCUT2D eigenvalue weighted by Crippen LogP contribution is -2.20. The molecule has 0 aromatic heterocycles. The molecule has 0 saturated heterocycles. The Hall–Kier alpha value is -3.79. The molecule has 4 aromatic carbocycles. The fourth-order valence-corrected chi connectivity index (χ4v) is 3.99. The number of anilines is 2. The molecule has 4 nitrogen and oxygen atoms in total. The smallest absolute Gasteiger partial charge is 0.263 e. The molecule has 1 heterocycles. The Bertz CT molecular complexity index is 1230. The van der Waals surface area contributed by atoms with Crippen molar-refractivity contribution in [2.45, 2.75) is 0 Å². The maximum absolute atomic E-state index is 13.2. The SMILES string of the molecule is COc1ccc(-c2ccc3c4c(cccc24)C(=O)N3c2ccc(OC)cc2)cc1. The zero-order valence-corrected chi connectivity index (χ0v) is 16.2. The highest BCUT2D eigenvalue weighted by molar-refractivity contribution is 6.29. The van der Waals surface area contributed by atoms with E-state index >= 15 is 0 Å². The van der Waals surface area contributed by atoms with Gasteiger partial charge in [0, 0.05) is 11.1 Å². The van der Waals surface area contributed by atoms with Crippen molar-refractivity contribution in [2.75, 3.05) is 19.1 Å². The second-order valence-corrected chi connectivity index (χ2v) is 6.93. The van der Waals surface area contributed by atoms with E-state index in [1.54, 1.807) is 19.1 Å². The maximum Gasteiger partial charge on any atom is 0.263 e. The van der Waals surface area contributed by atoms with Crippen LogP contribution in [-0.2, 0) is 0 Å². The lowest BCUT2D eigenvalue weighted by molar-refractivity contribution is 0.100. The van der Waals surface area contributed by atoms with E-state index < -0.39 is 0 Å². The van der Waals surface area contributed by atoms with Crippen molar-refractivity contribution in [3.8, 4) is 22.6 Å². The van der Waals surface area contributed by atoms with Gasteiger partial charge in [0.05, 0.1) is 25.5 Å². The fourth-order valence-electron chi connectivity index (χ4n) is 3.99. The summed E-state index contributed by atoms with van der Waals surface area (Å²) in [5.74, 6) is 1.57. The van der Waals surface area contributed by atoms with E-state index in [0.717, 1.165) is 50.3 Å². The standard InChI is InChI=1S/C25H19NO3/c1-28-18-10-6-16(7-11-18)20-14-15-23-24-21(20)4-3-5-22(24)25(27)26(23)17-8-12-19(29-2)13-9-17/h3-15H,1-2H3. The third-order valence-electron chi connectivity index (χ3n) is 5.42. The summed E-state index contributed by atoms with van der Waals surface area (Å²) in [5.41, 5.74) is 4.64. The normalized spacial score (nSPS) is 12.5. The zero-order valence-electron chi connectivity index (χ0n) is 16.2. The van der Waals surface area contributed by atoms with E-state index in [1.165, 1.54) is 0 Å². The zero-order chi connectivity index (χ0) is 20.0. The van der Waals surface area contributed by atoms with Crippen LogP contribution in [-0.4, -0.2) is 20.1 Å². The molecule has 0 unspecified atom stereocenters. The molecule has 0 aliphatic carbocycles. The van der Waals surface area contributed by atoms with Crippen LogP contribution < -0.4 is 14.4 Å². The molecule has 142 valence electrons. The molecule has 4 aromatic rings. The third-order valence-corrected chi connectivity index (χ3v) is 5.42. The minimum atomic E-state index is -0.0114. The predicted octanol–water partition coefficient (Wildman–Crippen LogP) is 5.82. The van der Waals surface area contributed by atoms with Crippen molar-refractivity contribution in [2.24, 2.45) is 0 Å². The van der Waals surface area contributed by atoms with Crippen molar-refractivity contribution >= 4 is 28.1 Å². The summed E-state index contributed by atoms with van der Waals surface area (Å²) in [6.45, 7) is 0. The van der Waals surface area contributed by atoms with Crippen LogP contribution in [0.3, 0.4) is 0 Å². The first kappa shape index (κ1) is 17.3. The number of nitrogens with zero attached hydrogens (tertiary/aromatic N) is 1. The monoisotopic (exact) mass is 381 g/mol. The first-order valence-corrected chi connectivity index (χ1v) is 9.40. The predicted molar refractivity (Wildman–Crippen MR) is 115 cm³/mol. The van der Waals surface area contributed by atoms with Gasteiger partial charge in [0.1, 0.15) is 11.5 Å². The fraction of sp³-hybridized carbons (Fsp3) is 0.0800. The molecule has 1 aliphatic heterocycles. The average molecular weight is 381 g/mol. The maximum atomic E-state index is 13.2. The Balaban J connectivity index is 1.68. The molecular formula is C25H19NO3. The minimum Gasteiger partial charge on any atom is -0.497 e. The summed E-state index contributed by atoms with van der Waals surface area (Å²) in [6, 6.07) is 25.6. The van der Waals surface area contributed by atoms with Gasteiger partial charge in [-0.05, 0) is 65.0 Å². The summed E-state index contributed by atoms with van der Waals surface area (Å²) < 4.78 is 10.5. The first-order chi connectivity index (χ1) is 14.2. The number of benzene rings is 4. The molecule has 4 heteroatoms. The third kappa shape index (κ3) is 2.64. The van der Waals surface area contributed by atoms with Crippen molar-refractivity contribution in [1.82, 2.24) is 0 Å². The summed E-state index contributed by atoms with van der Waals surface area (Å²) >= 11 is 0.